The third kappa shape index (κ3) is 5.29. The second-order valence-electron chi connectivity index (χ2n) is 13.2. The van der Waals surface area contributed by atoms with Gasteiger partial charge in [0.1, 0.15) is 11.5 Å². The van der Waals surface area contributed by atoms with Gasteiger partial charge in [-0.2, -0.15) is 4.98 Å². The van der Waals surface area contributed by atoms with E-state index in [4.69, 9.17) is 10.5 Å². The lowest BCUT2D eigenvalue weighted by atomic mass is 9.89. The standard InChI is InChI=1S/C36H38FN7O4/c1-20-15-24-16-23(21-5-6-21)17-28(37)31(24)34(46)44(20)30-4-2-3-25(27(30)19-45)32-26-18-29(39-33(26)41-35(38)40-32)22-7-9-42(10-8-22)36(47)43-11-13-48-14-12-43/h2-4,7,16-18,20-21,45H,5-6,8-15,19H2,1H3,(H3,38,39,40,41). The monoisotopic (exact) mass is 651 g/mol. The number of nitrogens with zero attached hydrogens (tertiary/aromatic N) is 5. The largest absolute Gasteiger partial charge is 0.392 e. The number of halogens is 1. The number of aliphatic hydroxyl groups is 1. The molecule has 8 rings (SSSR count). The van der Waals surface area contributed by atoms with Gasteiger partial charge in [0.2, 0.25) is 5.95 Å². The minimum atomic E-state index is -0.492. The highest BCUT2D eigenvalue weighted by Crippen LogP contribution is 2.43. The van der Waals surface area contributed by atoms with Crippen molar-refractivity contribution in [3.8, 4) is 11.3 Å². The summed E-state index contributed by atoms with van der Waals surface area (Å²) in [5, 5.41) is 11.5. The van der Waals surface area contributed by atoms with Crippen molar-refractivity contribution >= 4 is 40.2 Å². The number of morpholine rings is 1. The van der Waals surface area contributed by atoms with Crippen LogP contribution in [0.4, 0.5) is 20.8 Å². The van der Waals surface area contributed by atoms with Crippen LogP contribution in [0.3, 0.4) is 0 Å². The number of nitrogens with two attached hydrogens (primary N) is 1. The second-order valence-corrected chi connectivity index (χ2v) is 13.2. The van der Waals surface area contributed by atoms with Gasteiger partial charge in [-0.1, -0.05) is 24.3 Å². The molecule has 1 saturated heterocycles. The van der Waals surface area contributed by atoms with Gasteiger partial charge in [0.15, 0.2) is 0 Å². The number of nitrogens with one attached hydrogen (secondary N) is 1. The highest BCUT2D eigenvalue weighted by Gasteiger charge is 2.37. The average Bonchev–Trinajstić information content (AvgIpc) is 3.86. The maximum absolute atomic E-state index is 15.5. The molecule has 4 aromatic rings. The van der Waals surface area contributed by atoms with Crippen molar-refractivity contribution < 1.29 is 23.8 Å². The van der Waals surface area contributed by atoms with Gasteiger partial charge in [-0.05, 0) is 73.4 Å². The van der Waals surface area contributed by atoms with Crippen molar-refractivity contribution in [1.82, 2.24) is 24.8 Å². The van der Waals surface area contributed by atoms with Crippen LogP contribution < -0.4 is 10.6 Å². The average molecular weight is 652 g/mol. The zero-order valence-electron chi connectivity index (χ0n) is 26.8. The molecule has 3 aliphatic heterocycles. The van der Waals surface area contributed by atoms with Gasteiger partial charge in [0.25, 0.3) is 5.91 Å². The SMILES string of the molecule is CC1Cc2cc(C3CC3)cc(F)c2C(=O)N1c1cccc(-c2nc(N)nc3[nH]c(C4=CCN(C(=O)N5CCOCC5)CC4)cc23)c1CO. The predicted octanol–water partition coefficient (Wildman–Crippen LogP) is 4.85. The van der Waals surface area contributed by atoms with Crippen LogP contribution >= 0.6 is 0 Å². The molecule has 1 unspecified atom stereocenters. The first kappa shape index (κ1) is 30.5. The molecule has 11 nitrogen and oxygen atoms in total. The van der Waals surface area contributed by atoms with Gasteiger partial charge in [0, 0.05) is 54.4 Å². The smallest absolute Gasteiger partial charge is 0.320 e. The Labute approximate surface area is 277 Å². The van der Waals surface area contributed by atoms with E-state index in [1.165, 1.54) is 6.07 Å². The number of hydrogen-bond acceptors (Lipinski definition) is 7. The molecule has 0 bridgehead atoms. The zero-order chi connectivity index (χ0) is 33.1. The Bertz CT molecular complexity index is 1980. The molecule has 5 heterocycles. The maximum Gasteiger partial charge on any atom is 0.320 e. The van der Waals surface area contributed by atoms with Crippen LogP contribution in [0.1, 0.15) is 64.8 Å². The van der Waals surface area contributed by atoms with Crippen molar-refractivity contribution in [2.75, 3.05) is 50.0 Å². The van der Waals surface area contributed by atoms with Crippen LogP contribution in [-0.4, -0.2) is 87.2 Å². The molecule has 248 valence electrons. The maximum atomic E-state index is 15.5. The van der Waals surface area contributed by atoms with Gasteiger partial charge in [-0.15, -0.1) is 0 Å². The van der Waals surface area contributed by atoms with E-state index < -0.39 is 11.7 Å². The summed E-state index contributed by atoms with van der Waals surface area (Å²) in [6, 6.07) is 10.7. The molecule has 1 saturated carbocycles. The second kappa shape index (κ2) is 12.0. The van der Waals surface area contributed by atoms with E-state index in [-0.39, 0.29) is 30.2 Å². The van der Waals surface area contributed by atoms with Crippen molar-refractivity contribution in [1.29, 1.82) is 0 Å². The Morgan fingerprint density at radius 3 is 2.67 bits per heavy atom. The van der Waals surface area contributed by atoms with E-state index in [1.807, 2.05) is 41.0 Å². The Hall–Kier alpha value is -4.81. The van der Waals surface area contributed by atoms with Gasteiger partial charge >= 0.3 is 6.03 Å². The summed E-state index contributed by atoms with van der Waals surface area (Å²) < 4.78 is 20.9. The molecular weight excluding hydrogens is 613 g/mol. The number of fused-ring (bicyclic) bond motifs is 2. The Kier molecular flexibility index (Phi) is 7.64. The molecule has 2 fully saturated rings. The van der Waals surface area contributed by atoms with E-state index in [2.05, 4.69) is 21.0 Å². The van der Waals surface area contributed by atoms with Crippen molar-refractivity contribution in [2.24, 2.45) is 0 Å². The lowest BCUT2D eigenvalue weighted by molar-refractivity contribution is 0.0441. The number of ether oxygens (including phenoxy) is 1. The molecule has 4 aliphatic rings. The number of anilines is 2. The lowest BCUT2D eigenvalue weighted by Gasteiger charge is -2.36. The summed E-state index contributed by atoms with van der Waals surface area (Å²) in [6.45, 7) is 4.97. The molecule has 3 amide bonds. The van der Waals surface area contributed by atoms with E-state index in [0.717, 1.165) is 35.2 Å². The number of urea groups is 1. The fraction of sp³-hybridized carbons (Fsp3) is 0.389. The summed E-state index contributed by atoms with van der Waals surface area (Å²) >= 11 is 0. The molecule has 0 radical (unpaired) electrons. The first-order valence-electron chi connectivity index (χ1n) is 16.7. The number of aromatic amines is 1. The molecule has 1 atom stereocenters. The number of hydrogen-bond donors (Lipinski definition) is 3. The highest BCUT2D eigenvalue weighted by molar-refractivity contribution is 6.10. The van der Waals surface area contributed by atoms with Crippen molar-refractivity contribution in [2.45, 2.75) is 51.2 Å². The summed E-state index contributed by atoms with van der Waals surface area (Å²) in [5.41, 5.74) is 12.6. The summed E-state index contributed by atoms with van der Waals surface area (Å²) in [5.74, 6) is -0.471. The van der Waals surface area contributed by atoms with Crippen LogP contribution in [0.5, 0.6) is 0 Å². The third-order valence-electron chi connectivity index (χ3n) is 10.1. The van der Waals surface area contributed by atoms with Gasteiger partial charge in [0.05, 0.1) is 36.8 Å². The third-order valence-corrected chi connectivity index (χ3v) is 10.1. The molecular formula is C36H38FN7O4. The van der Waals surface area contributed by atoms with Crippen LogP contribution in [0, 0.1) is 5.82 Å². The summed E-state index contributed by atoms with van der Waals surface area (Å²) in [6.07, 6.45) is 5.32. The lowest BCUT2D eigenvalue weighted by Crippen LogP contribution is -2.49. The highest BCUT2D eigenvalue weighted by atomic mass is 19.1. The van der Waals surface area contributed by atoms with E-state index >= 15 is 4.39 Å². The topological polar surface area (TPSA) is 141 Å². The van der Waals surface area contributed by atoms with E-state index in [0.29, 0.717) is 91.7 Å². The predicted molar refractivity (Wildman–Crippen MR) is 180 cm³/mol. The number of rotatable bonds is 5. The molecule has 48 heavy (non-hydrogen) atoms. The van der Waals surface area contributed by atoms with Gasteiger partial charge in [-0.25, -0.2) is 14.2 Å². The zero-order valence-corrected chi connectivity index (χ0v) is 26.8. The molecule has 1 aliphatic carbocycles. The van der Waals surface area contributed by atoms with Crippen molar-refractivity contribution in [3.05, 3.63) is 76.2 Å². The molecule has 2 aromatic carbocycles. The first-order valence-corrected chi connectivity index (χ1v) is 16.7. The Morgan fingerprint density at radius 2 is 1.94 bits per heavy atom. The number of carbonyl (C=O) groups is 2. The molecule has 12 heteroatoms. The molecule has 0 spiro atoms. The normalized spacial score (nSPS) is 19.9. The van der Waals surface area contributed by atoms with Crippen LogP contribution in [0.15, 0.2) is 42.5 Å². The van der Waals surface area contributed by atoms with E-state index in [9.17, 15) is 14.7 Å². The van der Waals surface area contributed by atoms with Crippen LogP contribution in [-0.2, 0) is 17.8 Å². The van der Waals surface area contributed by atoms with Crippen LogP contribution in [0.2, 0.25) is 0 Å². The van der Waals surface area contributed by atoms with Gasteiger partial charge < -0.3 is 35.3 Å². The number of amides is 3. The van der Waals surface area contributed by atoms with E-state index in [1.54, 1.807) is 11.0 Å². The number of carbonyl (C=O) groups excluding carboxylic acids is 2. The Balaban J connectivity index is 1.13. The minimum absolute atomic E-state index is 0.0262. The number of aromatic nitrogens is 3. The van der Waals surface area contributed by atoms with Crippen LogP contribution in [0.25, 0.3) is 27.9 Å². The molecule has 4 N–H and O–H groups in total. The number of benzene rings is 2. The number of H-pyrrole nitrogens is 1. The number of nitrogen functional groups attached to an aromatic ring is 1. The fourth-order valence-electron chi connectivity index (χ4n) is 7.45. The quantitative estimate of drug-likeness (QED) is 0.280. The first-order chi connectivity index (χ1) is 23.3. The Morgan fingerprint density at radius 1 is 1.12 bits per heavy atom. The van der Waals surface area contributed by atoms with Crippen molar-refractivity contribution in [3.63, 3.8) is 0 Å². The van der Waals surface area contributed by atoms with Gasteiger partial charge in [-0.3, -0.25) is 4.79 Å². The summed E-state index contributed by atoms with van der Waals surface area (Å²) in [7, 11) is 0. The molecule has 2 aromatic heterocycles. The fourth-order valence-corrected chi connectivity index (χ4v) is 7.45. The summed E-state index contributed by atoms with van der Waals surface area (Å²) in [4.78, 5) is 44.7. The number of aliphatic hydroxyl groups excluding tert-OH is 1. The minimum Gasteiger partial charge on any atom is -0.392 e.